The standard InChI is InChI=1S/C29H24P/c1-30(24-15-4-2-5-16-24,25-17-6-3-7-18-25)29-22-11-10-20-28(29)27-21-12-14-23-13-8-9-19-26(23)27/h2-22H,1H3/q+1. The van der Waals surface area contributed by atoms with Crippen LogP contribution in [0.2, 0.25) is 0 Å². The summed E-state index contributed by atoms with van der Waals surface area (Å²) in [4.78, 5) is 0. The van der Waals surface area contributed by atoms with Crippen LogP contribution in [0.25, 0.3) is 21.9 Å². The van der Waals surface area contributed by atoms with E-state index in [1.165, 1.54) is 37.8 Å². The molecule has 144 valence electrons. The van der Waals surface area contributed by atoms with Gasteiger partial charge in [-0.2, -0.15) is 0 Å². The summed E-state index contributed by atoms with van der Waals surface area (Å²) in [5.41, 5.74) is 2.64. The van der Waals surface area contributed by atoms with Crippen molar-refractivity contribution in [2.75, 3.05) is 6.66 Å². The molecule has 5 rings (SSSR count). The fourth-order valence-corrected chi connectivity index (χ4v) is 7.88. The van der Waals surface area contributed by atoms with Gasteiger partial charge in [-0.25, -0.2) is 0 Å². The molecule has 0 aliphatic carbocycles. The second kappa shape index (κ2) is 7.90. The van der Waals surface area contributed by atoms with Crippen LogP contribution < -0.4 is 15.9 Å². The molecule has 0 heterocycles. The van der Waals surface area contributed by atoms with E-state index in [4.69, 9.17) is 0 Å². The van der Waals surface area contributed by atoms with E-state index < -0.39 is 7.26 Å². The van der Waals surface area contributed by atoms with Gasteiger partial charge in [0, 0.05) is 5.56 Å². The summed E-state index contributed by atoms with van der Waals surface area (Å²) < 4.78 is 0. The SMILES string of the molecule is C[P+](c1ccccc1)(c1ccccc1)c1ccccc1-c1cccc2ccccc12. The molecule has 0 radical (unpaired) electrons. The minimum atomic E-state index is -1.81. The van der Waals surface area contributed by atoms with Crippen molar-refractivity contribution in [3.05, 3.63) is 127 Å². The maximum Gasteiger partial charge on any atom is 0.112 e. The van der Waals surface area contributed by atoms with Crippen molar-refractivity contribution in [2.24, 2.45) is 0 Å². The van der Waals surface area contributed by atoms with Crippen LogP contribution in [0.3, 0.4) is 0 Å². The number of benzene rings is 5. The average Bonchev–Trinajstić information content (AvgIpc) is 2.84. The first kappa shape index (κ1) is 18.8. The lowest BCUT2D eigenvalue weighted by Crippen LogP contribution is -2.31. The zero-order valence-corrected chi connectivity index (χ0v) is 18.0. The van der Waals surface area contributed by atoms with Crippen LogP contribution in [0.4, 0.5) is 0 Å². The third kappa shape index (κ3) is 3.15. The zero-order valence-electron chi connectivity index (χ0n) is 17.1. The molecule has 30 heavy (non-hydrogen) atoms. The lowest BCUT2D eigenvalue weighted by molar-refractivity contribution is 1.67. The molecular formula is C29H24P+. The summed E-state index contributed by atoms with van der Waals surface area (Å²) in [6, 6.07) is 46.4. The molecule has 0 aromatic heterocycles. The minimum Gasteiger partial charge on any atom is -0.0620 e. The predicted molar refractivity (Wildman–Crippen MR) is 134 cm³/mol. The van der Waals surface area contributed by atoms with Gasteiger partial charge in [0.05, 0.1) is 6.66 Å². The summed E-state index contributed by atoms with van der Waals surface area (Å²) in [6.45, 7) is 2.46. The van der Waals surface area contributed by atoms with Gasteiger partial charge in [-0.05, 0) is 46.7 Å². The quantitative estimate of drug-likeness (QED) is 0.303. The Balaban J connectivity index is 1.83. The molecule has 0 saturated heterocycles. The first-order valence-electron chi connectivity index (χ1n) is 10.3. The first-order chi connectivity index (χ1) is 14.8. The number of fused-ring (bicyclic) bond motifs is 1. The van der Waals surface area contributed by atoms with Crippen molar-refractivity contribution in [1.29, 1.82) is 0 Å². The van der Waals surface area contributed by atoms with E-state index >= 15 is 0 Å². The van der Waals surface area contributed by atoms with E-state index in [0.717, 1.165) is 0 Å². The van der Waals surface area contributed by atoms with Crippen molar-refractivity contribution < 1.29 is 0 Å². The van der Waals surface area contributed by atoms with E-state index in [2.05, 4.69) is 134 Å². The maximum absolute atomic E-state index is 2.46. The lowest BCUT2D eigenvalue weighted by atomic mass is 9.98. The van der Waals surface area contributed by atoms with Crippen LogP contribution >= 0.6 is 7.26 Å². The molecule has 0 N–H and O–H groups in total. The normalized spacial score (nSPS) is 11.5. The second-order valence-corrected chi connectivity index (χ2v) is 11.2. The van der Waals surface area contributed by atoms with Crippen molar-refractivity contribution in [3.63, 3.8) is 0 Å². The molecule has 5 aromatic rings. The molecule has 0 spiro atoms. The highest BCUT2D eigenvalue weighted by atomic mass is 31.2. The molecule has 0 saturated carbocycles. The highest BCUT2D eigenvalue weighted by Gasteiger charge is 2.42. The Hall–Kier alpha value is -3.21. The summed E-state index contributed by atoms with van der Waals surface area (Å²) >= 11 is 0. The van der Waals surface area contributed by atoms with E-state index in [1.807, 2.05) is 0 Å². The molecule has 0 amide bonds. The first-order valence-corrected chi connectivity index (χ1v) is 12.6. The van der Waals surface area contributed by atoms with Crippen LogP contribution in [0, 0.1) is 0 Å². The zero-order chi connectivity index (χ0) is 20.4. The molecule has 0 bridgehead atoms. The van der Waals surface area contributed by atoms with Gasteiger partial charge in [-0.15, -0.1) is 0 Å². The molecule has 0 nitrogen and oxygen atoms in total. The van der Waals surface area contributed by atoms with Gasteiger partial charge in [0.1, 0.15) is 23.2 Å². The van der Waals surface area contributed by atoms with Crippen LogP contribution in [-0.4, -0.2) is 6.66 Å². The number of rotatable bonds is 4. The largest absolute Gasteiger partial charge is 0.112 e. The molecule has 0 aliphatic rings. The third-order valence-electron chi connectivity index (χ3n) is 6.01. The van der Waals surface area contributed by atoms with Crippen molar-refractivity contribution in [3.8, 4) is 11.1 Å². The topological polar surface area (TPSA) is 0 Å². The summed E-state index contributed by atoms with van der Waals surface area (Å²) in [5.74, 6) is 0. The molecule has 0 atom stereocenters. The third-order valence-corrected chi connectivity index (χ3v) is 10.0. The van der Waals surface area contributed by atoms with Crippen molar-refractivity contribution in [2.45, 2.75) is 0 Å². The van der Waals surface area contributed by atoms with Gasteiger partial charge in [0.25, 0.3) is 0 Å². The van der Waals surface area contributed by atoms with E-state index in [-0.39, 0.29) is 0 Å². The Morgan fingerprint density at radius 1 is 0.433 bits per heavy atom. The summed E-state index contributed by atoms with van der Waals surface area (Å²) in [6.07, 6.45) is 0. The van der Waals surface area contributed by atoms with Crippen LogP contribution in [-0.2, 0) is 0 Å². The Morgan fingerprint density at radius 2 is 0.933 bits per heavy atom. The van der Waals surface area contributed by atoms with Crippen molar-refractivity contribution >= 4 is 33.9 Å². The lowest BCUT2D eigenvalue weighted by Gasteiger charge is -2.25. The second-order valence-electron chi connectivity index (χ2n) is 7.72. The molecule has 0 aliphatic heterocycles. The fraction of sp³-hybridized carbons (Fsp3) is 0.0345. The van der Waals surface area contributed by atoms with Gasteiger partial charge in [-0.3, -0.25) is 0 Å². The Labute approximate surface area is 179 Å². The molecular weight excluding hydrogens is 379 g/mol. The monoisotopic (exact) mass is 403 g/mol. The van der Waals surface area contributed by atoms with E-state index in [1.54, 1.807) is 0 Å². The molecule has 1 heteroatoms. The Morgan fingerprint density at radius 3 is 1.63 bits per heavy atom. The van der Waals surface area contributed by atoms with Crippen LogP contribution in [0.5, 0.6) is 0 Å². The summed E-state index contributed by atoms with van der Waals surface area (Å²) in [5, 5.41) is 6.83. The molecule has 0 unspecified atom stereocenters. The smallest absolute Gasteiger partial charge is 0.0620 e. The Bertz CT molecular complexity index is 1250. The van der Waals surface area contributed by atoms with Crippen LogP contribution in [0.15, 0.2) is 127 Å². The molecule has 0 fully saturated rings. The minimum absolute atomic E-state index is 1.28. The average molecular weight is 403 g/mol. The number of hydrogen-bond donors (Lipinski definition) is 0. The van der Waals surface area contributed by atoms with Crippen molar-refractivity contribution in [1.82, 2.24) is 0 Å². The summed E-state index contributed by atoms with van der Waals surface area (Å²) in [7, 11) is -1.81. The van der Waals surface area contributed by atoms with Gasteiger partial charge < -0.3 is 0 Å². The fourth-order valence-electron chi connectivity index (χ4n) is 4.43. The van der Waals surface area contributed by atoms with Crippen LogP contribution in [0.1, 0.15) is 0 Å². The molecule has 5 aromatic carbocycles. The van der Waals surface area contributed by atoms with E-state index in [0.29, 0.717) is 0 Å². The predicted octanol–water partition coefficient (Wildman–Crippen LogP) is 6.43. The highest BCUT2D eigenvalue weighted by molar-refractivity contribution is 7.95. The highest BCUT2D eigenvalue weighted by Crippen LogP contribution is 2.53. The van der Waals surface area contributed by atoms with Gasteiger partial charge >= 0.3 is 0 Å². The van der Waals surface area contributed by atoms with Gasteiger partial charge in [0.15, 0.2) is 0 Å². The van der Waals surface area contributed by atoms with Gasteiger partial charge in [0.2, 0.25) is 0 Å². The van der Waals surface area contributed by atoms with E-state index in [9.17, 15) is 0 Å². The number of hydrogen-bond acceptors (Lipinski definition) is 0. The maximum atomic E-state index is 2.46. The van der Waals surface area contributed by atoms with Gasteiger partial charge in [-0.1, -0.05) is 97.1 Å². The Kier molecular flexibility index (Phi) is 4.95.